The fraction of sp³-hybridized carbons (Fsp3) is 0.435. The van der Waals surface area contributed by atoms with Crippen LogP contribution < -0.4 is 19.1 Å². The summed E-state index contributed by atoms with van der Waals surface area (Å²) in [5, 5.41) is 2.99. The Kier molecular flexibility index (Phi) is 8.42. The Morgan fingerprint density at radius 1 is 1.16 bits per heavy atom. The van der Waals surface area contributed by atoms with Crippen molar-refractivity contribution in [2.24, 2.45) is 0 Å². The van der Waals surface area contributed by atoms with Crippen molar-refractivity contribution in [3.63, 3.8) is 0 Å². The molecule has 0 heterocycles. The third-order valence-corrected chi connectivity index (χ3v) is 6.37. The molecular formula is C23H31ClN2O5S. The maximum absolute atomic E-state index is 12.7. The second kappa shape index (κ2) is 10.4. The van der Waals surface area contributed by atoms with E-state index in [1.54, 1.807) is 12.1 Å². The van der Waals surface area contributed by atoms with Crippen LogP contribution in [0.5, 0.6) is 11.5 Å². The van der Waals surface area contributed by atoms with E-state index in [-0.39, 0.29) is 29.3 Å². The summed E-state index contributed by atoms with van der Waals surface area (Å²) in [6, 6.07) is 11.3. The number of sulfonamides is 1. The van der Waals surface area contributed by atoms with Crippen LogP contribution in [0.2, 0.25) is 5.02 Å². The fourth-order valence-corrected chi connectivity index (χ4v) is 4.71. The van der Waals surface area contributed by atoms with Gasteiger partial charge in [0.15, 0.2) is 0 Å². The Morgan fingerprint density at radius 2 is 1.81 bits per heavy atom. The number of anilines is 1. The highest BCUT2D eigenvalue weighted by Crippen LogP contribution is 2.32. The molecule has 7 nitrogen and oxygen atoms in total. The number of rotatable bonds is 9. The molecule has 0 aliphatic rings. The largest absolute Gasteiger partial charge is 0.495 e. The number of nitrogens with one attached hydrogen (secondary N) is 1. The van der Waals surface area contributed by atoms with Crippen LogP contribution in [0.4, 0.5) is 5.69 Å². The van der Waals surface area contributed by atoms with Crippen LogP contribution in [-0.2, 0) is 20.2 Å². The number of hydrogen-bond acceptors (Lipinski definition) is 5. The molecule has 2 aromatic rings. The third kappa shape index (κ3) is 6.53. The molecule has 0 aromatic heterocycles. The SMILES string of the molecule is COc1ccc(N(C(C)C(=O)NCCOc2ccccc2C(C)(C)C)S(C)(=O)=O)cc1Cl. The quantitative estimate of drug-likeness (QED) is 0.546. The Bertz CT molecular complexity index is 1050. The molecule has 0 bridgehead atoms. The summed E-state index contributed by atoms with van der Waals surface area (Å²) < 4.78 is 36.9. The average molecular weight is 483 g/mol. The lowest BCUT2D eigenvalue weighted by Gasteiger charge is -2.28. The molecular weight excluding hydrogens is 452 g/mol. The number of halogens is 1. The number of carbonyl (C=O) groups excluding carboxylic acids is 1. The summed E-state index contributed by atoms with van der Waals surface area (Å²) in [7, 11) is -2.29. The van der Waals surface area contributed by atoms with Crippen molar-refractivity contribution in [1.82, 2.24) is 5.32 Å². The Balaban J connectivity index is 2.06. The highest BCUT2D eigenvalue weighted by Gasteiger charge is 2.29. The molecule has 176 valence electrons. The van der Waals surface area contributed by atoms with E-state index in [0.29, 0.717) is 5.75 Å². The number of nitrogens with zero attached hydrogens (tertiary/aromatic N) is 1. The van der Waals surface area contributed by atoms with Crippen molar-refractivity contribution in [3.8, 4) is 11.5 Å². The molecule has 2 rings (SSSR count). The van der Waals surface area contributed by atoms with E-state index in [1.165, 1.54) is 20.1 Å². The van der Waals surface area contributed by atoms with Gasteiger partial charge in [-0.25, -0.2) is 8.42 Å². The van der Waals surface area contributed by atoms with E-state index in [1.807, 2.05) is 24.3 Å². The van der Waals surface area contributed by atoms with Crippen molar-refractivity contribution >= 4 is 33.2 Å². The van der Waals surface area contributed by atoms with Gasteiger partial charge >= 0.3 is 0 Å². The zero-order valence-corrected chi connectivity index (χ0v) is 20.9. The van der Waals surface area contributed by atoms with Gasteiger partial charge < -0.3 is 14.8 Å². The molecule has 0 radical (unpaired) electrons. The molecule has 32 heavy (non-hydrogen) atoms. The van der Waals surface area contributed by atoms with E-state index in [2.05, 4.69) is 26.1 Å². The van der Waals surface area contributed by atoms with Gasteiger partial charge in [0.05, 0.1) is 30.6 Å². The number of hydrogen-bond donors (Lipinski definition) is 1. The molecule has 0 fully saturated rings. The summed E-state index contributed by atoms with van der Waals surface area (Å²) in [5.74, 6) is 0.719. The molecule has 1 N–H and O–H groups in total. The maximum Gasteiger partial charge on any atom is 0.243 e. The van der Waals surface area contributed by atoms with Crippen molar-refractivity contribution in [2.75, 3.05) is 30.8 Å². The smallest absolute Gasteiger partial charge is 0.243 e. The van der Waals surface area contributed by atoms with Gasteiger partial charge in [0.25, 0.3) is 0 Å². The van der Waals surface area contributed by atoms with Crippen LogP contribution in [0.15, 0.2) is 42.5 Å². The van der Waals surface area contributed by atoms with Crippen molar-refractivity contribution in [1.29, 1.82) is 0 Å². The van der Waals surface area contributed by atoms with E-state index in [9.17, 15) is 13.2 Å². The number of amides is 1. The summed E-state index contributed by atoms with van der Waals surface area (Å²) in [4.78, 5) is 12.7. The van der Waals surface area contributed by atoms with Gasteiger partial charge in [-0.15, -0.1) is 0 Å². The molecule has 9 heteroatoms. The van der Waals surface area contributed by atoms with Crippen LogP contribution in [0, 0.1) is 0 Å². The topological polar surface area (TPSA) is 84.9 Å². The normalized spacial score (nSPS) is 12.7. The van der Waals surface area contributed by atoms with E-state index in [4.69, 9.17) is 21.1 Å². The molecule has 2 aromatic carbocycles. The van der Waals surface area contributed by atoms with Gasteiger partial charge in [0.1, 0.15) is 24.1 Å². The van der Waals surface area contributed by atoms with Gasteiger partial charge in [0, 0.05) is 0 Å². The lowest BCUT2D eigenvalue weighted by Crippen LogP contribution is -2.48. The Labute approximate surface area is 195 Å². The van der Waals surface area contributed by atoms with Crippen LogP contribution in [0.3, 0.4) is 0 Å². The number of methoxy groups -OCH3 is 1. The highest BCUT2D eigenvalue weighted by atomic mass is 35.5. The second-order valence-corrected chi connectivity index (χ2v) is 10.7. The summed E-state index contributed by atoms with van der Waals surface area (Å²) in [6.45, 7) is 8.29. The van der Waals surface area contributed by atoms with Crippen molar-refractivity contribution in [3.05, 3.63) is 53.1 Å². The first-order valence-corrected chi connectivity index (χ1v) is 12.4. The molecule has 1 atom stereocenters. The van der Waals surface area contributed by atoms with Gasteiger partial charge in [-0.2, -0.15) is 0 Å². The Hall–Kier alpha value is -2.45. The second-order valence-electron chi connectivity index (χ2n) is 8.44. The minimum Gasteiger partial charge on any atom is -0.495 e. The molecule has 0 saturated heterocycles. The van der Waals surface area contributed by atoms with Gasteiger partial charge in [-0.05, 0) is 42.2 Å². The van der Waals surface area contributed by atoms with Gasteiger partial charge in [0.2, 0.25) is 15.9 Å². The first-order valence-electron chi connectivity index (χ1n) is 10.2. The third-order valence-electron chi connectivity index (χ3n) is 4.83. The lowest BCUT2D eigenvalue weighted by molar-refractivity contribution is -0.121. The Morgan fingerprint density at radius 3 is 2.38 bits per heavy atom. The van der Waals surface area contributed by atoms with E-state index >= 15 is 0 Å². The summed E-state index contributed by atoms with van der Waals surface area (Å²) in [5.41, 5.74) is 1.26. The molecule has 1 amide bonds. The van der Waals surface area contributed by atoms with Crippen molar-refractivity contribution < 1.29 is 22.7 Å². The maximum atomic E-state index is 12.7. The van der Waals surface area contributed by atoms with Crippen LogP contribution >= 0.6 is 11.6 Å². The standard InChI is InChI=1S/C23H31ClN2O5S/c1-16(26(32(6,28)29)17-11-12-21(30-5)19(24)15-17)22(27)25-13-14-31-20-10-8-7-9-18(20)23(2,3)4/h7-12,15-16H,13-14H2,1-6H3,(H,25,27). The van der Waals surface area contributed by atoms with Crippen LogP contribution in [0.25, 0.3) is 0 Å². The summed E-state index contributed by atoms with van der Waals surface area (Å²) in [6.07, 6.45) is 1.04. The van der Waals surface area contributed by atoms with Crippen molar-refractivity contribution in [2.45, 2.75) is 39.2 Å². The summed E-state index contributed by atoms with van der Waals surface area (Å²) >= 11 is 6.15. The monoisotopic (exact) mass is 482 g/mol. The highest BCUT2D eigenvalue weighted by molar-refractivity contribution is 7.92. The molecule has 0 aliphatic heterocycles. The zero-order valence-electron chi connectivity index (χ0n) is 19.3. The fourth-order valence-electron chi connectivity index (χ4n) is 3.30. The van der Waals surface area contributed by atoms with Gasteiger partial charge in [-0.3, -0.25) is 9.10 Å². The first kappa shape index (κ1) is 25.8. The number of benzene rings is 2. The van der Waals surface area contributed by atoms with Gasteiger partial charge in [-0.1, -0.05) is 50.6 Å². The van der Waals surface area contributed by atoms with E-state index < -0.39 is 22.0 Å². The molecule has 1 unspecified atom stereocenters. The zero-order chi connectivity index (χ0) is 24.1. The average Bonchev–Trinajstić information content (AvgIpc) is 2.69. The molecule has 0 spiro atoms. The van der Waals surface area contributed by atoms with Crippen LogP contribution in [-0.4, -0.2) is 46.9 Å². The number of ether oxygens (including phenoxy) is 2. The number of para-hydroxylation sites is 1. The lowest BCUT2D eigenvalue weighted by atomic mass is 9.86. The van der Waals surface area contributed by atoms with E-state index in [0.717, 1.165) is 21.9 Å². The number of carbonyl (C=O) groups is 1. The minimum atomic E-state index is -3.75. The minimum absolute atomic E-state index is 0.0794. The van der Waals surface area contributed by atoms with Crippen LogP contribution in [0.1, 0.15) is 33.3 Å². The molecule has 0 aliphatic carbocycles. The predicted molar refractivity (Wildman–Crippen MR) is 128 cm³/mol. The first-order chi connectivity index (χ1) is 14.9. The molecule has 0 saturated carbocycles. The predicted octanol–water partition coefficient (Wildman–Crippen LogP) is 4.00.